The maximum atomic E-state index is 12.2. The molecule has 0 aliphatic carbocycles. The molecule has 2 rings (SSSR count). The van der Waals surface area contributed by atoms with Gasteiger partial charge in [0, 0.05) is 24.9 Å². The zero-order valence-electron chi connectivity index (χ0n) is 15.4. The summed E-state index contributed by atoms with van der Waals surface area (Å²) in [5, 5.41) is 2.87. The van der Waals surface area contributed by atoms with Crippen LogP contribution in [0.5, 0.6) is 0 Å². The fourth-order valence-corrected chi connectivity index (χ4v) is 2.76. The predicted octanol–water partition coefficient (Wildman–Crippen LogP) is 4.07. The van der Waals surface area contributed by atoms with Crippen molar-refractivity contribution in [3.05, 3.63) is 77.4 Å². The average Bonchev–Trinajstić information content (AvgIpc) is 2.71. The molecule has 4 nitrogen and oxygen atoms in total. The first-order chi connectivity index (χ1) is 13.2. The Kier molecular flexibility index (Phi) is 8.75. The first-order valence-electron chi connectivity index (χ1n) is 9.31. The van der Waals surface area contributed by atoms with Gasteiger partial charge in [-0.05, 0) is 42.9 Å². The van der Waals surface area contributed by atoms with E-state index in [-0.39, 0.29) is 11.7 Å². The van der Waals surface area contributed by atoms with E-state index in [1.54, 1.807) is 5.94 Å². The van der Waals surface area contributed by atoms with Crippen LogP contribution in [0.2, 0.25) is 0 Å². The highest BCUT2D eigenvalue weighted by atomic mass is 16.1. The van der Waals surface area contributed by atoms with Crippen LogP contribution in [0, 0.1) is 0 Å². The number of aryl methyl sites for hydroxylation is 1. The number of carbonyl (C=O) groups excluding carboxylic acids is 3. The van der Waals surface area contributed by atoms with Gasteiger partial charge in [0.2, 0.25) is 5.91 Å². The Morgan fingerprint density at radius 2 is 1.63 bits per heavy atom. The van der Waals surface area contributed by atoms with Crippen LogP contribution < -0.4 is 5.32 Å². The van der Waals surface area contributed by atoms with E-state index < -0.39 is 0 Å². The van der Waals surface area contributed by atoms with Gasteiger partial charge in [-0.1, -0.05) is 54.6 Å². The zero-order valence-corrected chi connectivity index (χ0v) is 15.4. The third-order valence-electron chi connectivity index (χ3n) is 4.31. The van der Waals surface area contributed by atoms with Crippen LogP contribution in [0.25, 0.3) is 0 Å². The quantitative estimate of drug-likeness (QED) is 0.372. The lowest BCUT2D eigenvalue weighted by molar-refractivity contribution is -0.121. The molecule has 140 valence electrons. The minimum atomic E-state index is -0.0358. The molecule has 1 amide bonds. The van der Waals surface area contributed by atoms with Gasteiger partial charge in [0.25, 0.3) is 0 Å². The van der Waals surface area contributed by atoms with E-state index in [2.05, 4.69) is 5.32 Å². The van der Waals surface area contributed by atoms with Gasteiger partial charge in [-0.2, -0.15) is 0 Å². The standard InChI is InChI=1S/C23H25NO3/c25-17-6-2-5-8-19-13-15-21(16-14-19)22(26)11-7-12-23(27)24-18-20-9-3-1-4-10-20/h1,3-4,6,9-10,13-16H,2,5,7-8,11-12,18H2,(H,24,27). The molecule has 0 atom stereocenters. The van der Waals surface area contributed by atoms with Crippen LogP contribution in [0.3, 0.4) is 0 Å². The molecule has 0 aromatic heterocycles. The largest absolute Gasteiger partial charge is 0.352 e. The summed E-state index contributed by atoms with van der Waals surface area (Å²) in [6.45, 7) is 0.512. The summed E-state index contributed by atoms with van der Waals surface area (Å²) >= 11 is 0. The van der Waals surface area contributed by atoms with Crippen LogP contribution >= 0.6 is 0 Å². The smallest absolute Gasteiger partial charge is 0.220 e. The lowest BCUT2D eigenvalue weighted by atomic mass is 10.0. The van der Waals surface area contributed by atoms with Crippen molar-refractivity contribution < 1.29 is 14.4 Å². The van der Waals surface area contributed by atoms with Crippen molar-refractivity contribution in [2.45, 2.75) is 45.1 Å². The maximum Gasteiger partial charge on any atom is 0.220 e. The summed E-state index contributed by atoms with van der Waals surface area (Å²) in [7, 11) is 0. The summed E-state index contributed by atoms with van der Waals surface area (Å²) < 4.78 is 0. The minimum absolute atomic E-state index is 0.0358. The second kappa shape index (κ2) is 11.6. The second-order valence-electron chi connectivity index (χ2n) is 6.45. The molecule has 0 aliphatic rings. The van der Waals surface area contributed by atoms with Gasteiger partial charge in [-0.3, -0.25) is 9.59 Å². The molecule has 2 aromatic carbocycles. The molecule has 0 saturated carbocycles. The van der Waals surface area contributed by atoms with Crippen molar-refractivity contribution in [3.8, 4) is 0 Å². The number of benzene rings is 2. The molecule has 1 N–H and O–H groups in total. The fourth-order valence-electron chi connectivity index (χ4n) is 2.76. The molecule has 0 unspecified atom stereocenters. The highest BCUT2D eigenvalue weighted by molar-refractivity contribution is 5.96. The van der Waals surface area contributed by atoms with Crippen LogP contribution in [0.1, 0.15) is 53.6 Å². The van der Waals surface area contributed by atoms with E-state index >= 15 is 0 Å². The van der Waals surface area contributed by atoms with Crippen LogP contribution in [0.15, 0.2) is 60.7 Å². The zero-order chi connectivity index (χ0) is 19.3. The van der Waals surface area contributed by atoms with E-state index in [9.17, 15) is 14.4 Å². The molecule has 0 bridgehead atoms. The highest BCUT2D eigenvalue weighted by Crippen LogP contribution is 2.11. The summed E-state index contributed by atoms with van der Waals surface area (Å²) in [6, 6.07) is 17.3. The predicted molar refractivity (Wildman–Crippen MR) is 106 cm³/mol. The number of Topliss-reactive ketones (excluding diaryl/α,β-unsaturated/α-hetero) is 1. The summed E-state index contributed by atoms with van der Waals surface area (Å²) in [5.41, 5.74) is 2.88. The summed E-state index contributed by atoms with van der Waals surface area (Å²) in [4.78, 5) is 34.2. The first kappa shape index (κ1) is 20.3. The SMILES string of the molecule is O=C=CCCCc1ccc(C(=O)CCCC(=O)NCc2ccccc2)cc1. The van der Waals surface area contributed by atoms with Gasteiger partial charge in [-0.15, -0.1) is 0 Å². The maximum absolute atomic E-state index is 12.2. The monoisotopic (exact) mass is 363 g/mol. The van der Waals surface area contributed by atoms with Gasteiger partial charge < -0.3 is 5.32 Å². The van der Waals surface area contributed by atoms with Crippen molar-refractivity contribution in [3.63, 3.8) is 0 Å². The van der Waals surface area contributed by atoms with Gasteiger partial charge in [0.05, 0.1) is 0 Å². The van der Waals surface area contributed by atoms with Gasteiger partial charge in [0.15, 0.2) is 5.78 Å². The summed E-state index contributed by atoms with van der Waals surface area (Å²) in [6.07, 6.45) is 5.22. The van der Waals surface area contributed by atoms with Gasteiger partial charge in [0.1, 0.15) is 5.94 Å². The van der Waals surface area contributed by atoms with E-state index in [4.69, 9.17) is 0 Å². The highest BCUT2D eigenvalue weighted by Gasteiger charge is 2.08. The molecule has 0 saturated heterocycles. The van der Waals surface area contributed by atoms with Crippen molar-refractivity contribution in [1.29, 1.82) is 0 Å². The number of ketones is 1. The van der Waals surface area contributed by atoms with Crippen molar-refractivity contribution in [2.24, 2.45) is 0 Å². The molecule has 0 fully saturated rings. The van der Waals surface area contributed by atoms with Crippen molar-refractivity contribution >= 4 is 17.6 Å². The van der Waals surface area contributed by atoms with E-state index in [1.165, 1.54) is 6.08 Å². The van der Waals surface area contributed by atoms with Crippen LogP contribution in [-0.4, -0.2) is 17.6 Å². The average molecular weight is 363 g/mol. The first-order valence-corrected chi connectivity index (χ1v) is 9.31. The Balaban J connectivity index is 1.67. The molecule has 0 heterocycles. The number of allylic oxidation sites excluding steroid dienone is 1. The Hall–Kier alpha value is -2.97. The van der Waals surface area contributed by atoms with Crippen LogP contribution in [-0.2, 0) is 22.6 Å². The third-order valence-corrected chi connectivity index (χ3v) is 4.31. The molecule has 27 heavy (non-hydrogen) atoms. The van der Waals surface area contributed by atoms with Crippen molar-refractivity contribution in [2.75, 3.05) is 0 Å². The topological polar surface area (TPSA) is 63.2 Å². The normalized spacial score (nSPS) is 10.1. The number of unbranched alkanes of at least 4 members (excludes halogenated alkanes) is 1. The fraction of sp³-hybridized carbons (Fsp3) is 0.304. The Bertz CT molecular complexity index is 775. The molecule has 2 aromatic rings. The Morgan fingerprint density at radius 1 is 0.889 bits per heavy atom. The van der Waals surface area contributed by atoms with Gasteiger partial charge in [-0.25, -0.2) is 4.79 Å². The number of hydrogen-bond donors (Lipinski definition) is 1. The van der Waals surface area contributed by atoms with E-state index in [0.717, 1.165) is 30.4 Å². The molecular formula is C23H25NO3. The number of carbonyl (C=O) groups is 2. The molecular weight excluding hydrogens is 338 g/mol. The summed E-state index contributed by atoms with van der Waals surface area (Å²) in [5.74, 6) is 1.79. The van der Waals surface area contributed by atoms with Crippen molar-refractivity contribution in [1.82, 2.24) is 5.32 Å². The van der Waals surface area contributed by atoms with Crippen LogP contribution in [0.4, 0.5) is 0 Å². The number of rotatable bonds is 11. The number of hydrogen-bond acceptors (Lipinski definition) is 3. The number of nitrogens with one attached hydrogen (secondary N) is 1. The lowest BCUT2D eigenvalue weighted by Gasteiger charge is -2.06. The van der Waals surface area contributed by atoms with Gasteiger partial charge >= 0.3 is 0 Å². The molecule has 0 spiro atoms. The molecule has 0 aliphatic heterocycles. The minimum Gasteiger partial charge on any atom is -0.352 e. The lowest BCUT2D eigenvalue weighted by Crippen LogP contribution is -2.22. The van der Waals surface area contributed by atoms with E-state index in [0.29, 0.717) is 31.4 Å². The Morgan fingerprint density at radius 3 is 2.33 bits per heavy atom. The molecule has 0 radical (unpaired) electrons. The Labute approximate surface area is 160 Å². The third kappa shape index (κ3) is 7.85. The molecule has 4 heteroatoms. The number of amides is 1. The second-order valence-corrected chi connectivity index (χ2v) is 6.45. The van der Waals surface area contributed by atoms with E-state index in [1.807, 2.05) is 54.6 Å².